The Labute approximate surface area is 83.4 Å². The van der Waals surface area contributed by atoms with E-state index in [-0.39, 0.29) is 13.2 Å². The van der Waals surface area contributed by atoms with Gasteiger partial charge in [-0.05, 0) is 5.56 Å². The van der Waals surface area contributed by atoms with Gasteiger partial charge in [0.05, 0.1) is 13.2 Å². The summed E-state index contributed by atoms with van der Waals surface area (Å²) >= 11 is 0. The average molecular weight is 183 g/mol. The van der Waals surface area contributed by atoms with Crippen molar-refractivity contribution in [3.8, 4) is 0 Å². The van der Waals surface area contributed by atoms with E-state index in [1.54, 1.807) is 0 Å². The van der Waals surface area contributed by atoms with Crippen LogP contribution in [0.3, 0.4) is 0 Å². The van der Waals surface area contributed by atoms with E-state index in [0.29, 0.717) is 6.61 Å². The monoisotopic (exact) mass is 183 g/mol. The molecule has 1 N–H and O–H groups in total. The Morgan fingerprint density at radius 1 is 1.46 bits per heavy atom. The number of ether oxygens (including phenoxy) is 1. The fourth-order valence-corrected chi connectivity index (χ4v) is 0.946. The number of aliphatic hydroxyl groups excluding tert-OH is 1. The minimum atomic E-state index is -2.16. The highest BCUT2D eigenvalue weighted by Crippen LogP contribution is 2.02. The van der Waals surface area contributed by atoms with Crippen molar-refractivity contribution in [2.45, 2.75) is 13.5 Å². The largest absolute Gasteiger partial charge is 0.396 e. The van der Waals surface area contributed by atoms with Gasteiger partial charge in [-0.15, -0.1) is 0 Å². The molecule has 1 rings (SSSR count). The van der Waals surface area contributed by atoms with Gasteiger partial charge in [-0.1, -0.05) is 37.2 Å². The van der Waals surface area contributed by atoms with Gasteiger partial charge in [0.15, 0.2) is 0 Å². The highest BCUT2D eigenvalue weighted by atomic mass is 16.5. The lowest BCUT2D eigenvalue weighted by Crippen LogP contribution is -2.09. The van der Waals surface area contributed by atoms with Crippen LogP contribution in [0.4, 0.5) is 0 Å². The Bertz CT molecular complexity index is 298. The van der Waals surface area contributed by atoms with Crippen molar-refractivity contribution in [1.29, 1.82) is 0 Å². The molecule has 0 bridgehead atoms. The van der Waals surface area contributed by atoms with Gasteiger partial charge in [0.1, 0.15) is 0 Å². The van der Waals surface area contributed by atoms with E-state index in [9.17, 15) is 0 Å². The zero-order chi connectivity index (χ0) is 12.0. The predicted molar refractivity (Wildman–Crippen MR) is 52.3 cm³/mol. The van der Waals surface area contributed by atoms with Gasteiger partial charge < -0.3 is 9.84 Å². The molecule has 13 heavy (non-hydrogen) atoms. The fraction of sp³-hybridized carbons (Fsp3) is 0.455. The van der Waals surface area contributed by atoms with Crippen LogP contribution >= 0.6 is 0 Å². The molecule has 0 aromatic heterocycles. The predicted octanol–water partition coefficient (Wildman–Crippen LogP) is 1.83. The van der Waals surface area contributed by atoms with E-state index in [0.717, 1.165) is 5.56 Å². The fourth-order valence-electron chi connectivity index (χ4n) is 0.946. The molecule has 0 fully saturated rings. The Morgan fingerprint density at radius 2 is 2.23 bits per heavy atom. The van der Waals surface area contributed by atoms with Gasteiger partial charge in [-0.2, -0.15) is 0 Å². The molecule has 2 heteroatoms. The lowest BCUT2D eigenvalue weighted by atomic mass is 10.2. The summed E-state index contributed by atoms with van der Waals surface area (Å²) in [6.45, 7) is -2.13. The molecule has 0 radical (unpaired) electrons. The maximum absolute atomic E-state index is 8.92. The second-order valence-electron chi connectivity index (χ2n) is 2.88. The average Bonchev–Trinajstić information content (AvgIpc) is 2.24. The Kier molecular flexibility index (Phi) is 2.90. The lowest BCUT2D eigenvalue weighted by Gasteiger charge is -2.08. The molecule has 0 spiro atoms. The van der Waals surface area contributed by atoms with Crippen molar-refractivity contribution in [3.63, 3.8) is 0 Å². The van der Waals surface area contributed by atoms with Crippen molar-refractivity contribution in [3.05, 3.63) is 35.9 Å². The molecule has 0 aliphatic rings. The molecule has 1 aromatic carbocycles. The maximum Gasteiger partial charge on any atom is 0.0717 e. The first-order chi connectivity index (χ1) is 7.54. The molecule has 1 unspecified atom stereocenters. The van der Waals surface area contributed by atoms with Crippen LogP contribution in [0.2, 0.25) is 0 Å². The topological polar surface area (TPSA) is 29.5 Å². The lowest BCUT2D eigenvalue weighted by molar-refractivity contribution is 0.0696. The smallest absolute Gasteiger partial charge is 0.0717 e. The molecule has 0 heterocycles. The van der Waals surface area contributed by atoms with Crippen LogP contribution in [0.1, 0.15) is 16.5 Å². The highest BCUT2D eigenvalue weighted by molar-refractivity contribution is 5.13. The van der Waals surface area contributed by atoms with Gasteiger partial charge in [0.25, 0.3) is 0 Å². The number of aliphatic hydroxyl groups is 1. The first kappa shape index (κ1) is 6.57. The first-order valence-corrected chi connectivity index (χ1v) is 4.26. The van der Waals surface area contributed by atoms with Crippen LogP contribution in [0.5, 0.6) is 0 Å². The molecular formula is C11H16O2. The van der Waals surface area contributed by atoms with Gasteiger partial charge in [0.2, 0.25) is 0 Å². The molecule has 0 saturated heterocycles. The van der Waals surface area contributed by atoms with E-state index in [1.165, 1.54) is 0 Å². The number of rotatable bonds is 5. The number of hydrogen-bond donors (Lipinski definition) is 1. The summed E-state index contributed by atoms with van der Waals surface area (Å²) in [7, 11) is 0. The number of hydrogen-bond acceptors (Lipinski definition) is 2. The highest BCUT2D eigenvalue weighted by Gasteiger charge is 1.99. The molecule has 72 valence electrons. The summed E-state index contributed by atoms with van der Waals surface area (Å²) in [6.07, 6.45) is 0. The molecule has 0 saturated carbocycles. The first-order valence-electron chi connectivity index (χ1n) is 5.76. The normalized spacial score (nSPS) is 17.2. The van der Waals surface area contributed by atoms with Crippen LogP contribution in [-0.2, 0) is 11.3 Å². The van der Waals surface area contributed by atoms with Gasteiger partial charge >= 0.3 is 0 Å². The third-order valence-corrected chi connectivity index (χ3v) is 1.65. The van der Waals surface area contributed by atoms with Crippen LogP contribution in [0.15, 0.2) is 30.3 Å². The van der Waals surface area contributed by atoms with Crippen molar-refractivity contribution >= 4 is 0 Å². The van der Waals surface area contributed by atoms with E-state index >= 15 is 0 Å². The minimum Gasteiger partial charge on any atom is -0.396 e. The summed E-state index contributed by atoms with van der Waals surface area (Å²) in [5, 5.41) is 8.92. The SMILES string of the molecule is [2H]C([2H])([2H])C(CO)COCc1ccccc1. The van der Waals surface area contributed by atoms with E-state index in [4.69, 9.17) is 14.0 Å². The van der Waals surface area contributed by atoms with Crippen LogP contribution in [-0.4, -0.2) is 18.3 Å². The summed E-state index contributed by atoms with van der Waals surface area (Å²) < 4.78 is 26.8. The standard InChI is InChI=1S/C11H16O2/c1-10(7-12)8-13-9-11-5-3-2-4-6-11/h2-6,10,12H,7-9H2,1H3/i1D3. The molecule has 2 nitrogen and oxygen atoms in total. The van der Waals surface area contributed by atoms with Gasteiger partial charge in [0, 0.05) is 16.6 Å². The molecule has 0 amide bonds. The minimum absolute atomic E-state index is 0.0435. The second-order valence-corrected chi connectivity index (χ2v) is 2.88. The second kappa shape index (κ2) is 5.73. The Hall–Kier alpha value is -0.860. The maximum atomic E-state index is 8.92. The summed E-state index contributed by atoms with van der Waals surface area (Å²) in [4.78, 5) is 0. The van der Waals surface area contributed by atoms with Gasteiger partial charge in [-0.3, -0.25) is 0 Å². The summed E-state index contributed by atoms with van der Waals surface area (Å²) in [6, 6.07) is 9.51. The van der Waals surface area contributed by atoms with Crippen molar-refractivity contribution in [2.24, 2.45) is 5.92 Å². The molecule has 1 aromatic rings. The van der Waals surface area contributed by atoms with Crippen LogP contribution in [0, 0.1) is 5.92 Å². The van der Waals surface area contributed by atoms with Crippen molar-refractivity contribution in [2.75, 3.05) is 13.2 Å². The Morgan fingerprint density at radius 3 is 2.85 bits per heavy atom. The zero-order valence-electron chi connectivity index (χ0n) is 10.4. The number of benzene rings is 1. The van der Waals surface area contributed by atoms with E-state index < -0.39 is 12.8 Å². The van der Waals surface area contributed by atoms with Gasteiger partial charge in [-0.25, -0.2) is 0 Å². The van der Waals surface area contributed by atoms with Crippen LogP contribution < -0.4 is 0 Å². The van der Waals surface area contributed by atoms with E-state index in [1.807, 2.05) is 30.3 Å². The zero-order valence-corrected chi connectivity index (χ0v) is 7.44. The van der Waals surface area contributed by atoms with Crippen LogP contribution in [0.25, 0.3) is 0 Å². The quantitative estimate of drug-likeness (QED) is 0.754. The molecule has 0 aliphatic carbocycles. The third-order valence-electron chi connectivity index (χ3n) is 1.65. The molecular weight excluding hydrogens is 164 g/mol. The van der Waals surface area contributed by atoms with E-state index in [2.05, 4.69) is 0 Å². The Balaban J connectivity index is 2.35. The summed E-state index contributed by atoms with van der Waals surface area (Å²) in [5.41, 5.74) is 0.990. The molecule has 0 aliphatic heterocycles. The summed E-state index contributed by atoms with van der Waals surface area (Å²) in [5.74, 6) is -0.809. The molecule has 1 atom stereocenters. The van der Waals surface area contributed by atoms with Crippen molar-refractivity contribution < 1.29 is 14.0 Å². The third kappa shape index (κ3) is 4.06. The van der Waals surface area contributed by atoms with Crippen molar-refractivity contribution in [1.82, 2.24) is 0 Å².